The van der Waals surface area contributed by atoms with Crippen molar-refractivity contribution >= 4 is 0 Å². The van der Waals surface area contributed by atoms with Crippen LogP contribution in [-0.2, 0) is 11.2 Å². The first-order valence-electron chi connectivity index (χ1n) is 5.52. The van der Waals surface area contributed by atoms with Crippen LogP contribution >= 0.6 is 0 Å². The van der Waals surface area contributed by atoms with Gasteiger partial charge in [0.25, 0.3) is 0 Å². The van der Waals surface area contributed by atoms with E-state index < -0.39 is 0 Å². The van der Waals surface area contributed by atoms with Gasteiger partial charge in [0.1, 0.15) is 0 Å². The monoisotopic (exact) mass is 207 g/mol. The molecule has 0 fully saturated rings. The molecule has 2 heteroatoms. The molecular weight excluding hydrogens is 186 g/mol. The van der Waals surface area contributed by atoms with Crippen molar-refractivity contribution in [2.45, 2.75) is 32.4 Å². The minimum Gasteiger partial charge on any atom is -0.380 e. The molecule has 0 aliphatic rings. The maximum absolute atomic E-state index is 5.44. The normalized spacial score (nSPS) is 13.1. The third kappa shape index (κ3) is 4.96. The summed E-state index contributed by atoms with van der Waals surface area (Å²) in [6.45, 7) is 5.20. The van der Waals surface area contributed by atoms with Crippen LogP contribution < -0.4 is 5.32 Å². The van der Waals surface area contributed by atoms with Gasteiger partial charge in [-0.3, -0.25) is 0 Å². The lowest BCUT2D eigenvalue weighted by Gasteiger charge is -2.17. The lowest BCUT2D eigenvalue weighted by Crippen LogP contribution is -2.34. The van der Waals surface area contributed by atoms with E-state index in [-0.39, 0.29) is 6.10 Å². The van der Waals surface area contributed by atoms with Crippen LogP contribution in [0.5, 0.6) is 0 Å². The SMILES string of the molecule is COC(CNC(C)C)Cc1ccccc1. The Kier molecular flexibility index (Phi) is 5.37. The number of hydrogen-bond acceptors (Lipinski definition) is 2. The van der Waals surface area contributed by atoms with Gasteiger partial charge >= 0.3 is 0 Å². The van der Waals surface area contributed by atoms with E-state index in [4.69, 9.17) is 4.74 Å². The number of hydrogen-bond donors (Lipinski definition) is 1. The fourth-order valence-electron chi connectivity index (χ4n) is 1.48. The molecule has 2 nitrogen and oxygen atoms in total. The van der Waals surface area contributed by atoms with E-state index in [2.05, 4.69) is 43.4 Å². The maximum atomic E-state index is 5.44. The van der Waals surface area contributed by atoms with E-state index in [0.29, 0.717) is 6.04 Å². The molecule has 0 radical (unpaired) electrons. The molecule has 1 N–H and O–H groups in total. The van der Waals surface area contributed by atoms with Gasteiger partial charge in [-0.1, -0.05) is 44.2 Å². The van der Waals surface area contributed by atoms with Crippen molar-refractivity contribution < 1.29 is 4.74 Å². The second kappa shape index (κ2) is 6.59. The molecule has 1 aromatic rings. The Labute approximate surface area is 92.6 Å². The topological polar surface area (TPSA) is 21.3 Å². The van der Waals surface area contributed by atoms with Gasteiger partial charge in [-0.15, -0.1) is 0 Å². The zero-order chi connectivity index (χ0) is 11.1. The quantitative estimate of drug-likeness (QED) is 0.772. The van der Waals surface area contributed by atoms with Crippen LogP contribution in [0.2, 0.25) is 0 Å². The van der Waals surface area contributed by atoms with Gasteiger partial charge in [-0.05, 0) is 12.0 Å². The molecule has 0 aliphatic carbocycles. The highest BCUT2D eigenvalue weighted by Crippen LogP contribution is 2.04. The van der Waals surface area contributed by atoms with E-state index in [1.807, 2.05) is 6.07 Å². The van der Waals surface area contributed by atoms with E-state index in [9.17, 15) is 0 Å². The molecule has 84 valence electrons. The molecule has 0 saturated heterocycles. The Morgan fingerprint density at radius 2 is 1.87 bits per heavy atom. The molecule has 15 heavy (non-hydrogen) atoms. The number of benzene rings is 1. The molecule has 0 spiro atoms. The molecule has 0 amide bonds. The summed E-state index contributed by atoms with van der Waals surface area (Å²) < 4.78 is 5.44. The highest BCUT2D eigenvalue weighted by Gasteiger charge is 2.08. The number of rotatable bonds is 6. The van der Waals surface area contributed by atoms with Crippen molar-refractivity contribution in [3.8, 4) is 0 Å². The van der Waals surface area contributed by atoms with Gasteiger partial charge in [-0.25, -0.2) is 0 Å². The zero-order valence-electron chi connectivity index (χ0n) is 9.86. The molecule has 1 unspecified atom stereocenters. The third-order valence-electron chi connectivity index (χ3n) is 2.39. The smallest absolute Gasteiger partial charge is 0.0736 e. The molecule has 0 saturated carbocycles. The summed E-state index contributed by atoms with van der Waals surface area (Å²) >= 11 is 0. The Morgan fingerprint density at radius 1 is 1.20 bits per heavy atom. The number of methoxy groups -OCH3 is 1. The predicted octanol–water partition coefficient (Wildman–Crippen LogP) is 2.24. The Bertz CT molecular complexity index is 258. The third-order valence-corrected chi connectivity index (χ3v) is 2.39. The molecule has 0 aromatic heterocycles. The van der Waals surface area contributed by atoms with E-state index >= 15 is 0 Å². The van der Waals surface area contributed by atoms with Crippen molar-refractivity contribution in [1.82, 2.24) is 5.32 Å². The van der Waals surface area contributed by atoms with Gasteiger partial charge in [0.15, 0.2) is 0 Å². The van der Waals surface area contributed by atoms with Gasteiger partial charge in [0.2, 0.25) is 0 Å². The van der Waals surface area contributed by atoms with Gasteiger partial charge in [0, 0.05) is 19.7 Å². The molecule has 1 aromatic carbocycles. The van der Waals surface area contributed by atoms with Gasteiger partial charge < -0.3 is 10.1 Å². The summed E-state index contributed by atoms with van der Waals surface area (Å²) in [6, 6.07) is 11.0. The van der Waals surface area contributed by atoms with Crippen LogP contribution in [0.3, 0.4) is 0 Å². The van der Waals surface area contributed by atoms with Crippen molar-refractivity contribution in [1.29, 1.82) is 0 Å². The second-order valence-corrected chi connectivity index (χ2v) is 4.11. The highest BCUT2D eigenvalue weighted by atomic mass is 16.5. The van der Waals surface area contributed by atoms with E-state index in [1.54, 1.807) is 7.11 Å². The van der Waals surface area contributed by atoms with Crippen LogP contribution in [0.4, 0.5) is 0 Å². The number of nitrogens with one attached hydrogen (secondary N) is 1. The first-order chi connectivity index (χ1) is 7.22. The van der Waals surface area contributed by atoms with Crippen LogP contribution in [0.25, 0.3) is 0 Å². The van der Waals surface area contributed by atoms with Crippen molar-refractivity contribution in [3.05, 3.63) is 35.9 Å². The fourth-order valence-corrected chi connectivity index (χ4v) is 1.48. The zero-order valence-corrected chi connectivity index (χ0v) is 9.86. The molecular formula is C13H21NO. The molecule has 1 rings (SSSR count). The van der Waals surface area contributed by atoms with Gasteiger partial charge in [0.05, 0.1) is 6.10 Å². The van der Waals surface area contributed by atoms with Gasteiger partial charge in [-0.2, -0.15) is 0 Å². The minimum atomic E-state index is 0.259. The minimum absolute atomic E-state index is 0.259. The first-order valence-corrected chi connectivity index (χ1v) is 5.52. The average Bonchev–Trinajstić information content (AvgIpc) is 2.25. The van der Waals surface area contributed by atoms with E-state index in [0.717, 1.165) is 13.0 Å². The molecule has 0 aliphatic heterocycles. The summed E-state index contributed by atoms with van der Waals surface area (Å²) in [7, 11) is 1.77. The molecule has 0 bridgehead atoms. The summed E-state index contributed by atoms with van der Waals surface area (Å²) in [5, 5.41) is 3.39. The van der Waals surface area contributed by atoms with Crippen LogP contribution in [0.1, 0.15) is 19.4 Å². The Morgan fingerprint density at radius 3 is 2.40 bits per heavy atom. The lowest BCUT2D eigenvalue weighted by molar-refractivity contribution is 0.100. The lowest BCUT2D eigenvalue weighted by atomic mass is 10.1. The highest BCUT2D eigenvalue weighted by molar-refractivity contribution is 5.15. The maximum Gasteiger partial charge on any atom is 0.0736 e. The summed E-state index contributed by atoms with van der Waals surface area (Å²) in [5.41, 5.74) is 1.33. The Balaban J connectivity index is 2.40. The van der Waals surface area contributed by atoms with Crippen LogP contribution in [0, 0.1) is 0 Å². The Hall–Kier alpha value is -0.860. The number of ether oxygens (including phenoxy) is 1. The van der Waals surface area contributed by atoms with Crippen molar-refractivity contribution in [2.24, 2.45) is 0 Å². The fraction of sp³-hybridized carbons (Fsp3) is 0.538. The predicted molar refractivity (Wildman–Crippen MR) is 64.1 cm³/mol. The van der Waals surface area contributed by atoms with Crippen molar-refractivity contribution in [2.75, 3.05) is 13.7 Å². The summed E-state index contributed by atoms with van der Waals surface area (Å²) in [5.74, 6) is 0. The standard InChI is InChI=1S/C13H21NO/c1-11(2)14-10-13(15-3)9-12-7-5-4-6-8-12/h4-8,11,13-14H,9-10H2,1-3H3. The first kappa shape index (κ1) is 12.2. The largest absolute Gasteiger partial charge is 0.380 e. The average molecular weight is 207 g/mol. The van der Waals surface area contributed by atoms with E-state index in [1.165, 1.54) is 5.56 Å². The van der Waals surface area contributed by atoms with Crippen LogP contribution in [-0.4, -0.2) is 25.8 Å². The summed E-state index contributed by atoms with van der Waals surface area (Å²) in [6.07, 6.45) is 1.23. The van der Waals surface area contributed by atoms with Crippen molar-refractivity contribution in [3.63, 3.8) is 0 Å². The molecule has 0 heterocycles. The second-order valence-electron chi connectivity index (χ2n) is 4.11. The summed E-state index contributed by atoms with van der Waals surface area (Å²) in [4.78, 5) is 0. The van der Waals surface area contributed by atoms with Crippen LogP contribution in [0.15, 0.2) is 30.3 Å². The molecule has 1 atom stereocenters.